The van der Waals surface area contributed by atoms with Gasteiger partial charge in [0.15, 0.2) is 16.7 Å². The normalized spacial score (nSPS) is 17.4. The van der Waals surface area contributed by atoms with Crippen molar-refractivity contribution in [1.29, 1.82) is 0 Å². The Morgan fingerprint density at radius 2 is 1.97 bits per heavy atom. The molecular formula is C28H29N3O7S. The second-order valence-corrected chi connectivity index (χ2v) is 9.78. The standard InChI is InChI=1S/C28H29N3O7S/c1-17-25(27(33)36-10-9-34-2)26(19-5-4-6-21(12-19)35-3)31-20(15-39-28(31)30-17)13-24(32)29-14-18-7-8-22-23(11-18)38-16-37-22/h4-8,11-12,15,26H,9-10,13-14,16H2,1-3H3,(H,29,32). The molecule has 0 aromatic heterocycles. The van der Waals surface area contributed by atoms with Crippen LogP contribution in [0.2, 0.25) is 0 Å². The number of benzene rings is 2. The third-order valence-electron chi connectivity index (χ3n) is 6.42. The number of ether oxygens (including phenoxy) is 5. The lowest BCUT2D eigenvalue weighted by atomic mass is 9.93. The molecule has 0 saturated heterocycles. The number of amidine groups is 1. The SMILES string of the molecule is COCCOC(=O)C1=C(C)N=C2SC=C(CC(=O)NCc3ccc4c(c3)OCO4)N2C1c1cccc(OC)c1. The fourth-order valence-electron chi connectivity index (χ4n) is 4.53. The van der Waals surface area contributed by atoms with Crippen LogP contribution in [-0.2, 0) is 25.6 Å². The van der Waals surface area contributed by atoms with Crippen molar-refractivity contribution in [2.75, 3.05) is 34.2 Å². The lowest BCUT2D eigenvalue weighted by molar-refractivity contribution is -0.141. The maximum absolute atomic E-state index is 13.3. The molecule has 5 rings (SSSR count). The van der Waals surface area contributed by atoms with Crippen molar-refractivity contribution >= 4 is 28.8 Å². The molecule has 2 aromatic carbocycles. The predicted molar refractivity (Wildman–Crippen MR) is 145 cm³/mol. The number of thioether (sulfide) groups is 1. The molecule has 39 heavy (non-hydrogen) atoms. The van der Waals surface area contributed by atoms with Crippen LogP contribution in [0, 0.1) is 0 Å². The minimum atomic E-state index is -0.550. The molecule has 204 valence electrons. The Labute approximate surface area is 230 Å². The highest BCUT2D eigenvalue weighted by Crippen LogP contribution is 2.45. The quantitative estimate of drug-likeness (QED) is 0.348. The van der Waals surface area contributed by atoms with Crippen LogP contribution < -0.4 is 19.5 Å². The average Bonchev–Trinajstić information content (AvgIpc) is 3.57. The molecule has 0 spiro atoms. The van der Waals surface area contributed by atoms with Crippen molar-refractivity contribution < 1.29 is 33.3 Å². The summed E-state index contributed by atoms with van der Waals surface area (Å²) in [6.07, 6.45) is 0.0993. The topological polar surface area (TPSA) is 108 Å². The fourth-order valence-corrected chi connectivity index (χ4v) is 5.50. The van der Waals surface area contributed by atoms with Gasteiger partial charge in [-0.3, -0.25) is 4.79 Å². The Hall–Kier alpha value is -3.96. The van der Waals surface area contributed by atoms with Crippen LogP contribution in [0.4, 0.5) is 0 Å². The Kier molecular flexibility index (Phi) is 8.08. The van der Waals surface area contributed by atoms with E-state index >= 15 is 0 Å². The maximum Gasteiger partial charge on any atom is 0.338 e. The molecule has 3 heterocycles. The van der Waals surface area contributed by atoms with Crippen LogP contribution in [0.15, 0.2) is 69.8 Å². The Balaban J connectivity index is 1.37. The number of amides is 1. The van der Waals surface area contributed by atoms with Crippen LogP contribution in [0.1, 0.15) is 30.5 Å². The smallest absolute Gasteiger partial charge is 0.338 e. The molecule has 2 aromatic rings. The largest absolute Gasteiger partial charge is 0.497 e. The average molecular weight is 552 g/mol. The lowest BCUT2D eigenvalue weighted by Gasteiger charge is -2.36. The molecule has 0 radical (unpaired) electrons. The molecule has 1 amide bonds. The van der Waals surface area contributed by atoms with Crippen LogP contribution in [0.3, 0.4) is 0 Å². The molecule has 0 saturated carbocycles. The summed E-state index contributed by atoms with van der Waals surface area (Å²) in [5.41, 5.74) is 3.40. The van der Waals surface area contributed by atoms with E-state index in [4.69, 9.17) is 23.7 Å². The van der Waals surface area contributed by atoms with Crippen molar-refractivity contribution in [2.45, 2.75) is 25.9 Å². The number of carbonyl (C=O) groups excluding carboxylic acids is 2. The summed E-state index contributed by atoms with van der Waals surface area (Å²) in [6, 6.07) is 12.5. The summed E-state index contributed by atoms with van der Waals surface area (Å²) >= 11 is 1.42. The van der Waals surface area contributed by atoms with E-state index in [2.05, 4.69) is 10.3 Å². The van der Waals surface area contributed by atoms with Gasteiger partial charge in [0, 0.05) is 19.4 Å². The number of carbonyl (C=O) groups is 2. The van der Waals surface area contributed by atoms with Crippen LogP contribution in [0.5, 0.6) is 17.2 Å². The van der Waals surface area contributed by atoms with Crippen molar-refractivity contribution in [1.82, 2.24) is 10.2 Å². The van der Waals surface area contributed by atoms with Crippen LogP contribution in [0.25, 0.3) is 0 Å². The molecule has 0 fully saturated rings. The van der Waals surface area contributed by atoms with Crippen molar-refractivity contribution in [3.63, 3.8) is 0 Å². The zero-order valence-corrected chi connectivity index (χ0v) is 22.7. The Morgan fingerprint density at radius 3 is 2.79 bits per heavy atom. The number of rotatable bonds is 10. The zero-order chi connectivity index (χ0) is 27.4. The van der Waals surface area contributed by atoms with E-state index in [1.807, 2.05) is 52.8 Å². The van der Waals surface area contributed by atoms with E-state index in [1.54, 1.807) is 21.1 Å². The van der Waals surface area contributed by atoms with Crippen molar-refractivity contribution in [3.05, 3.63) is 76.0 Å². The first kappa shape index (κ1) is 26.6. The minimum Gasteiger partial charge on any atom is -0.497 e. The van der Waals surface area contributed by atoms with Gasteiger partial charge < -0.3 is 33.9 Å². The number of fused-ring (bicyclic) bond motifs is 2. The molecule has 1 N–H and O–H groups in total. The van der Waals surface area contributed by atoms with Gasteiger partial charge in [0.1, 0.15) is 12.4 Å². The highest BCUT2D eigenvalue weighted by atomic mass is 32.2. The van der Waals surface area contributed by atoms with Gasteiger partial charge in [-0.05, 0) is 47.7 Å². The summed E-state index contributed by atoms with van der Waals surface area (Å²) in [5.74, 6) is 1.36. The second kappa shape index (κ2) is 11.8. The first-order valence-electron chi connectivity index (χ1n) is 12.4. The zero-order valence-electron chi connectivity index (χ0n) is 21.9. The number of nitrogens with one attached hydrogen (secondary N) is 1. The molecule has 3 aliphatic rings. The van der Waals surface area contributed by atoms with E-state index < -0.39 is 12.0 Å². The van der Waals surface area contributed by atoms with E-state index in [9.17, 15) is 9.59 Å². The Morgan fingerprint density at radius 1 is 1.13 bits per heavy atom. The molecule has 1 unspecified atom stereocenters. The number of hydrogen-bond acceptors (Lipinski definition) is 10. The minimum absolute atomic E-state index is 0.0993. The number of methoxy groups -OCH3 is 2. The third-order valence-corrected chi connectivity index (χ3v) is 7.31. The third kappa shape index (κ3) is 5.74. The molecule has 10 nitrogen and oxygen atoms in total. The number of aliphatic imine (C=N–C) groups is 1. The van der Waals surface area contributed by atoms with E-state index in [0.29, 0.717) is 40.2 Å². The first-order valence-corrected chi connectivity index (χ1v) is 13.3. The highest BCUT2D eigenvalue weighted by Gasteiger charge is 2.41. The second-order valence-electron chi connectivity index (χ2n) is 8.94. The number of nitrogens with zero attached hydrogens (tertiary/aromatic N) is 2. The van der Waals surface area contributed by atoms with Gasteiger partial charge in [0.05, 0.1) is 37.4 Å². The van der Waals surface area contributed by atoms with E-state index in [-0.39, 0.29) is 32.3 Å². The van der Waals surface area contributed by atoms with E-state index in [0.717, 1.165) is 16.8 Å². The van der Waals surface area contributed by atoms with Crippen LogP contribution >= 0.6 is 11.8 Å². The van der Waals surface area contributed by atoms with Gasteiger partial charge >= 0.3 is 5.97 Å². The molecular weight excluding hydrogens is 522 g/mol. The first-order chi connectivity index (χ1) is 19.0. The fraction of sp³-hybridized carbons (Fsp3) is 0.321. The van der Waals surface area contributed by atoms with Gasteiger partial charge in [0.25, 0.3) is 0 Å². The molecule has 1 atom stereocenters. The molecule has 0 aliphatic carbocycles. The number of esters is 1. The van der Waals surface area contributed by atoms with Crippen molar-refractivity contribution in [2.24, 2.45) is 4.99 Å². The monoisotopic (exact) mass is 551 g/mol. The molecule has 0 bridgehead atoms. The molecule has 11 heteroatoms. The van der Waals surface area contributed by atoms with Gasteiger partial charge in [-0.1, -0.05) is 30.0 Å². The predicted octanol–water partition coefficient (Wildman–Crippen LogP) is 3.89. The summed E-state index contributed by atoms with van der Waals surface area (Å²) in [6.45, 7) is 2.73. The van der Waals surface area contributed by atoms with E-state index in [1.165, 1.54) is 11.8 Å². The van der Waals surface area contributed by atoms with Gasteiger partial charge in [0.2, 0.25) is 12.7 Å². The Bertz CT molecular complexity index is 1370. The van der Waals surface area contributed by atoms with Crippen molar-refractivity contribution in [3.8, 4) is 17.2 Å². The number of hydrogen-bond donors (Lipinski definition) is 1. The summed E-state index contributed by atoms with van der Waals surface area (Å²) < 4.78 is 26.8. The highest BCUT2D eigenvalue weighted by molar-refractivity contribution is 8.16. The van der Waals surface area contributed by atoms with Gasteiger partial charge in [-0.2, -0.15) is 0 Å². The maximum atomic E-state index is 13.3. The summed E-state index contributed by atoms with van der Waals surface area (Å²) in [7, 11) is 3.14. The molecule has 3 aliphatic heterocycles. The van der Waals surface area contributed by atoms with Gasteiger partial charge in [-0.25, -0.2) is 9.79 Å². The summed E-state index contributed by atoms with van der Waals surface area (Å²) in [5, 5.41) is 5.56. The lowest BCUT2D eigenvalue weighted by Crippen LogP contribution is -2.38. The summed E-state index contributed by atoms with van der Waals surface area (Å²) in [4.78, 5) is 33.0. The van der Waals surface area contributed by atoms with Crippen LogP contribution in [-0.4, -0.2) is 56.2 Å². The van der Waals surface area contributed by atoms with Gasteiger partial charge in [-0.15, -0.1) is 0 Å². The number of allylic oxidation sites excluding steroid dienone is 1.